The molecule has 454 valence electrons. The summed E-state index contributed by atoms with van der Waals surface area (Å²) in [5.74, 6) is -0.267. The van der Waals surface area contributed by atoms with Crippen molar-refractivity contribution in [3.05, 3.63) is 60.8 Å². The van der Waals surface area contributed by atoms with E-state index in [2.05, 4.69) is 67.8 Å². The summed E-state index contributed by atoms with van der Waals surface area (Å²) >= 11 is 0. The van der Waals surface area contributed by atoms with Crippen LogP contribution >= 0.6 is 0 Å². The zero-order chi connectivity index (χ0) is 56.7. The van der Waals surface area contributed by atoms with Crippen LogP contribution in [0.5, 0.6) is 0 Å². The third kappa shape index (κ3) is 34.2. The van der Waals surface area contributed by atoms with E-state index in [1.165, 1.54) is 141 Å². The second kappa shape index (κ2) is 49.3. The largest absolute Gasteiger partial charge is 0.394 e. The first kappa shape index (κ1) is 71.8. The van der Waals surface area contributed by atoms with Crippen LogP contribution in [0.15, 0.2) is 60.8 Å². The number of allylic oxidation sites excluding steroid dienone is 9. The van der Waals surface area contributed by atoms with Crippen LogP contribution in [-0.2, 0) is 23.7 Å². The maximum Gasteiger partial charge on any atom is 0.220 e. The summed E-state index contributed by atoms with van der Waals surface area (Å²) < 4.78 is 22.8. The van der Waals surface area contributed by atoms with Gasteiger partial charge in [0, 0.05) is 6.42 Å². The highest BCUT2D eigenvalue weighted by molar-refractivity contribution is 5.76. The summed E-state index contributed by atoms with van der Waals surface area (Å²) in [5, 5.41) is 87.1. The Hall–Kier alpha value is -2.31. The van der Waals surface area contributed by atoms with Gasteiger partial charge >= 0.3 is 0 Å². The van der Waals surface area contributed by atoms with Crippen LogP contribution in [0.3, 0.4) is 0 Å². The molecule has 0 aromatic rings. The standard InChI is InChI=1S/C64H115NO13/c1-3-5-7-9-11-13-15-17-19-21-22-23-24-25-26-27-28-29-30-31-32-33-35-37-39-41-43-45-47-53(68)52(65-56(69)48-46-44-42-40-38-36-34-20-18-16-14-12-10-8-6-4-2)51-75-63-61(74)59(72)62(55(50-67)77-63)78-64-60(73)58(71)57(70)54(49-66)76-64/h14,16,20,31-32,34,37,39,45,47,52-55,57-64,66-68,70-74H,3-13,15,17-19,21-30,33,35-36,38,40-44,46,48-51H2,1-2H3,(H,65,69)/b16-14-,32-31+,34-20-,39-37+,47-45+. The number of carbonyl (C=O) groups is 1. The average Bonchev–Trinajstić information content (AvgIpc) is 3.48. The molecular weight excluding hydrogens is 991 g/mol. The Morgan fingerprint density at radius 1 is 0.462 bits per heavy atom. The molecule has 0 bridgehead atoms. The number of aliphatic hydroxyl groups is 8. The van der Waals surface area contributed by atoms with Crippen LogP contribution in [0, 0.1) is 0 Å². The monoisotopic (exact) mass is 1110 g/mol. The molecule has 12 unspecified atom stereocenters. The van der Waals surface area contributed by atoms with E-state index in [1.807, 2.05) is 6.08 Å². The number of aliphatic hydroxyl groups excluding tert-OH is 8. The minimum atomic E-state index is -1.80. The van der Waals surface area contributed by atoms with E-state index in [0.717, 1.165) is 70.6 Å². The lowest BCUT2D eigenvalue weighted by atomic mass is 9.97. The molecule has 2 heterocycles. The molecule has 14 nitrogen and oxygen atoms in total. The number of carbonyl (C=O) groups excluding carboxylic acids is 1. The number of ether oxygens (including phenoxy) is 4. The number of hydrogen-bond acceptors (Lipinski definition) is 13. The molecule has 1 amide bonds. The van der Waals surface area contributed by atoms with Gasteiger partial charge in [0.1, 0.15) is 48.8 Å². The maximum atomic E-state index is 13.2. The van der Waals surface area contributed by atoms with E-state index >= 15 is 0 Å². The van der Waals surface area contributed by atoms with E-state index in [-0.39, 0.29) is 18.9 Å². The van der Waals surface area contributed by atoms with Gasteiger partial charge in [0.05, 0.1) is 32.0 Å². The Morgan fingerprint density at radius 2 is 0.859 bits per heavy atom. The highest BCUT2D eigenvalue weighted by Gasteiger charge is 2.51. The SMILES string of the molecule is CCCCCC/C=C\C/C=C\CCCCCCCC(=O)NC(COC1OC(CO)C(OC2OC(CO)C(O)C(O)C2O)C(O)C1O)C(O)/C=C/CC/C=C/CC/C=C/CCCCCCCCCCCCCCCCCCCC. The summed E-state index contributed by atoms with van der Waals surface area (Å²) in [6.45, 7) is 2.75. The first-order valence-corrected chi connectivity index (χ1v) is 31.5. The fourth-order valence-electron chi connectivity index (χ4n) is 10.1. The molecule has 2 aliphatic rings. The second-order valence-corrected chi connectivity index (χ2v) is 22.2. The van der Waals surface area contributed by atoms with Crippen molar-refractivity contribution >= 4 is 5.91 Å². The third-order valence-electron chi connectivity index (χ3n) is 15.2. The van der Waals surface area contributed by atoms with Crippen LogP contribution < -0.4 is 5.32 Å². The third-order valence-corrected chi connectivity index (χ3v) is 15.2. The summed E-state index contributed by atoms with van der Waals surface area (Å²) in [4.78, 5) is 13.2. The highest BCUT2D eigenvalue weighted by atomic mass is 16.7. The van der Waals surface area contributed by atoms with Gasteiger partial charge in [-0.05, 0) is 77.0 Å². The molecule has 2 fully saturated rings. The summed E-state index contributed by atoms with van der Waals surface area (Å²) in [6.07, 6.45) is 47.0. The van der Waals surface area contributed by atoms with E-state index in [9.17, 15) is 45.6 Å². The van der Waals surface area contributed by atoms with Crippen LogP contribution in [0.2, 0.25) is 0 Å². The molecular formula is C64H115NO13. The fraction of sp³-hybridized carbons (Fsp3) is 0.828. The van der Waals surface area contributed by atoms with Crippen LogP contribution in [-0.4, -0.2) is 140 Å². The summed E-state index contributed by atoms with van der Waals surface area (Å²) in [7, 11) is 0. The van der Waals surface area contributed by atoms with Gasteiger partial charge in [-0.15, -0.1) is 0 Å². The molecule has 0 radical (unpaired) electrons. The Balaban J connectivity index is 1.75. The number of unbranched alkanes of at least 4 members (excludes halogenated alkanes) is 29. The van der Waals surface area contributed by atoms with Gasteiger partial charge < -0.3 is 65.1 Å². The summed E-state index contributed by atoms with van der Waals surface area (Å²) in [5.41, 5.74) is 0. The van der Waals surface area contributed by atoms with Crippen molar-refractivity contribution < 1.29 is 64.6 Å². The van der Waals surface area contributed by atoms with Crippen molar-refractivity contribution in [1.29, 1.82) is 0 Å². The van der Waals surface area contributed by atoms with E-state index in [0.29, 0.717) is 12.8 Å². The van der Waals surface area contributed by atoms with Crippen LogP contribution in [0.25, 0.3) is 0 Å². The second-order valence-electron chi connectivity index (χ2n) is 22.2. The molecule has 12 atom stereocenters. The van der Waals surface area contributed by atoms with Gasteiger partial charge in [-0.25, -0.2) is 0 Å². The molecule has 0 aliphatic carbocycles. The topological polar surface area (TPSA) is 228 Å². The van der Waals surface area contributed by atoms with Gasteiger partial charge in [-0.1, -0.05) is 222 Å². The van der Waals surface area contributed by atoms with Gasteiger partial charge in [-0.2, -0.15) is 0 Å². The Morgan fingerprint density at radius 3 is 1.35 bits per heavy atom. The fourth-order valence-corrected chi connectivity index (χ4v) is 10.1. The lowest BCUT2D eigenvalue weighted by Crippen LogP contribution is -2.65. The van der Waals surface area contributed by atoms with Crippen molar-refractivity contribution in [2.45, 2.75) is 319 Å². The minimum absolute atomic E-state index is 0.252. The van der Waals surface area contributed by atoms with Crippen molar-refractivity contribution in [3.8, 4) is 0 Å². The minimum Gasteiger partial charge on any atom is -0.394 e. The molecule has 0 spiro atoms. The first-order valence-electron chi connectivity index (χ1n) is 31.5. The quantitative estimate of drug-likeness (QED) is 0.0204. The van der Waals surface area contributed by atoms with Crippen molar-refractivity contribution in [1.82, 2.24) is 5.32 Å². The van der Waals surface area contributed by atoms with Gasteiger partial charge in [0.25, 0.3) is 0 Å². The zero-order valence-electron chi connectivity index (χ0n) is 48.9. The van der Waals surface area contributed by atoms with Gasteiger partial charge in [-0.3, -0.25) is 4.79 Å². The number of rotatable bonds is 50. The van der Waals surface area contributed by atoms with Gasteiger partial charge in [0.15, 0.2) is 12.6 Å². The molecule has 78 heavy (non-hydrogen) atoms. The molecule has 2 rings (SSSR count). The van der Waals surface area contributed by atoms with E-state index in [1.54, 1.807) is 6.08 Å². The highest BCUT2D eigenvalue weighted by Crippen LogP contribution is 2.30. The molecule has 0 aromatic heterocycles. The Labute approximate surface area is 473 Å². The van der Waals surface area contributed by atoms with E-state index < -0.39 is 86.8 Å². The van der Waals surface area contributed by atoms with Crippen molar-refractivity contribution in [3.63, 3.8) is 0 Å². The van der Waals surface area contributed by atoms with Crippen molar-refractivity contribution in [2.24, 2.45) is 0 Å². The number of nitrogens with one attached hydrogen (secondary N) is 1. The average molecular weight is 1110 g/mol. The zero-order valence-corrected chi connectivity index (χ0v) is 48.9. The number of hydrogen-bond donors (Lipinski definition) is 9. The maximum absolute atomic E-state index is 13.2. The smallest absolute Gasteiger partial charge is 0.220 e. The molecule has 0 aromatic carbocycles. The predicted molar refractivity (Wildman–Crippen MR) is 314 cm³/mol. The molecule has 2 aliphatic heterocycles. The lowest BCUT2D eigenvalue weighted by molar-refractivity contribution is -0.359. The van der Waals surface area contributed by atoms with Crippen molar-refractivity contribution in [2.75, 3.05) is 19.8 Å². The normalized spacial score (nSPS) is 24.9. The molecule has 2 saturated heterocycles. The Kier molecular flexibility index (Phi) is 45.4. The number of amides is 1. The van der Waals surface area contributed by atoms with E-state index in [4.69, 9.17) is 18.9 Å². The van der Waals surface area contributed by atoms with Crippen LogP contribution in [0.1, 0.15) is 245 Å². The predicted octanol–water partition coefficient (Wildman–Crippen LogP) is 11.3. The lowest BCUT2D eigenvalue weighted by Gasteiger charge is -2.46. The first-order chi connectivity index (χ1) is 38.1. The molecule has 14 heteroatoms. The molecule has 0 saturated carbocycles. The molecule has 9 N–H and O–H groups in total. The van der Waals surface area contributed by atoms with Gasteiger partial charge in [0.2, 0.25) is 5.91 Å². The summed E-state index contributed by atoms with van der Waals surface area (Å²) in [6, 6.07) is -0.948. The van der Waals surface area contributed by atoms with Crippen LogP contribution in [0.4, 0.5) is 0 Å². The Bertz CT molecular complexity index is 1540.